The van der Waals surface area contributed by atoms with E-state index in [0.717, 1.165) is 36.1 Å². The molecule has 23 heavy (non-hydrogen) atoms. The van der Waals surface area contributed by atoms with Gasteiger partial charge in [0.05, 0.1) is 17.3 Å². The van der Waals surface area contributed by atoms with Crippen molar-refractivity contribution in [1.29, 1.82) is 0 Å². The van der Waals surface area contributed by atoms with Gasteiger partial charge in [0, 0.05) is 17.0 Å². The maximum absolute atomic E-state index is 12.2. The molecule has 1 aliphatic carbocycles. The van der Waals surface area contributed by atoms with Crippen LogP contribution in [0, 0.1) is 6.92 Å². The van der Waals surface area contributed by atoms with E-state index in [2.05, 4.69) is 5.32 Å². The third-order valence-electron chi connectivity index (χ3n) is 3.94. The largest absolute Gasteiger partial charge is 0.482 e. The van der Waals surface area contributed by atoms with E-state index < -0.39 is 0 Å². The summed E-state index contributed by atoms with van der Waals surface area (Å²) in [6, 6.07) is 4.88. The van der Waals surface area contributed by atoms with E-state index in [1.165, 1.54) is 0 Å². The number of amides is 1. The molecule has 2 aromatic rings. The Bertz CT molecular complexity index is 727. The molecule has 3 rings (SSSR count). The summed E-state index contributed by atoms with van der Waals surface area (Å²) in [6.45, 7) is 1.90. The molecule has 0 bridgehead atoms. The van der Waals surface area contributed by atoms with Gasteiger partial charge in [-0.15, -0.1) is 0 Å². The standard InChI is InChI=1S/C17H17Cl2NO3/c1-10-8-22-15-4-2-3-13(17(10)15)20-16(21)9-23-14-6-5-11(18)7-12(14)19/h5-8,13H,2-4,9H2,1H3,(H,20,21). The summed E-state index contributed by atoms with van der Waals surface area (Å²) in [4.78, 5) is 12.2. The minimum atomic E-state index is -0.186. The SMILES string of the molecule is Cc1coc2c1C(NC(=O)COc1ccc(Cl)cc1Cl)CCC2. The number of aryl methyl sites for hydroxylation is 2. The Hall–Kier alpha value is -1.65. The number of fused-ring (bicyclic) bond motifs is 1. The molecule has 4 nitrogen and oxygen atoms in total. The number of carbonyl (C=O) groups excluding carboxylic acids is 1. The molecule has 122 valence electrons. The van der Waals surface area contributed by atoms with E-state index in [9.17, 15) is 4.79 Å². The fourth-order valence-electron chi connectivity index (χ4n) is 2.90. The van der Waals surface area contributed by atoms with Crippen molar-refractivity contribution in [3.05, 3.63) is 51.4 Å². The number of hydrogen-bond acceptors (Lipinski definition) is 3. The summed E-state index contributed by atoms with van der Waals surface area (Å²) in [5.74, 6) is 1.23. The second-order valence-corrected chi connectivity index (χ2v) is 6.47. The Morgan fingerprint density at radius 2 is 2.26 bits per heavy atom. The first kappa shape index (κ1) is 16.2. The molecule has 1 atom stereocenters. The van der Waals surface area contributed by atoms with Gasteiger partial charge in [0.15, 0.2) is 6.61 Å². The number of ether oxygens (including phenoxy) is 1. The molecule has 1 amide bonds. The van der Waals surface area contributed by atoms with E-state index >= 15 is 0 Å². The summed E-state index contributed by atoms with van der Waals surface area (Å²) < 4.78 is 11.0. The molecule has 0 aliphatic heterocycles. The second kappa shape index (κ2) is 6.85. The van der Waals surface area contributed by atoms with Gasteiger partial charge in [-0.05, 0) is 43.5 Å². The first-order valence-electron chi connectivity index (χ1n) is 7.48. The molecule has 0 saturated heterocycles. The number of furan rings is 1. The summed E-state index contributed by atoms with van der Waals surface area (Å²) >= 11 is 11.9. The minimum Gasteiger partial charge on any atom is -0.482 e. The van der Waals surface area contributed by atoms with Crippen molar-refractivity contribution in [2.75, 3.05) is 6.61 Å². The molecule has 0 fully saturated rings. The van der Waals surface area contributed by atoms with Crippen LogP contribution < -0.4 is 10.1 Å². The summed E-state index contributed by atoms with van der Waals surface area (Å²) in [5, 5.41) is 3.92. The predicted octanol–water partition coefficient (Wildman–Crippen LogP) is 4.47. The molecule has 6 heteroatoms. The maximum atomic E-state index is 12.2. The third-order valence-corrected chi connectivity index (χ3v) is 4.47. The lowest BCUT2D eigenvalue weighted by Crippen LogP contribution is -2.34. The number of benzene rings is 1. The average Bonchev–Trinajstić information content (AvgIpc) is 2.89. The molecule has 1 heterocycles. The van der Waals surface area contributed by atoms with Gasteiger partial charge in [-0.1, -0.05) is 23.2 Å². The fourth-order valence-corrected chi connectivity index (χ4v) is 3.36. The van der Waals surface area contributed by atoms with E-state index in [0.29, 0.717) is 15.8 Å². The monoisotopic (exact) mass is 353 g/mol. The van der Waals surface area contributed by atoms with Crippen LogP contribution in [-0.4, -0.2) is 12.5 Å². The maximum Gasteiger partial charge on any atom is 0.258 e. The molecule has 1 N–H and O–H groups in total. The number of rotatable bonds is 4. The van der Waals surface area contributed by atoms with Crippen molar-refractivity contribution in [2.24, 2.45) is 0 Å². The van der Waals surface area contributed by atoms with Crippen LogP contribution in [0.2, 0.25) is 10.0 Å². The van der Waals surface area contributed by atoms with Crippen LogP contribution in [0.4, 0.5) is 0 Å². The van der Waals surface area contributed by atoms with E-state index in [-0.39, 0.29) is 18.6 Å². The Kier molecular flexibility index (Phi) is 4.83. The number of halogens is 2. The zero-order valence-electron chi connectivity index (χ0n) is 12.7. The van der Waals surface area contributed by atoms with Crippen LogP contribution in [0.5, 0.6) is 5.75 Å². The predicted molar refractivity (Wildman–Crippen MR) is 89.2 cm³/mol. The van der Waals surface area contributed by atoms with Crippen molar-refractivity contribution in [2.45, 2.75) is 32.2 Å². The number of hydrogen-bond donors (Lipinski definition) is 1. The summed E-state index contributed by atoms with van der Waals surface area (Å²) in [5.41, 5.74) is 2.18. The molecule has 1 aromatic heterocycles. The lowest BCUT2D eigenvalue weighted by Gasteiger charge is -2.23. The van der Waals surface area contributed by atoms with Crippen molar-refractivity contribution < 1.29 is 13.9 Å². The zero-order chi connectivity index (χ0) is 16.4. The molecule has 0 radical (unpaired) electrons. The van der Waals surface area contributed by atoms with Crippen molar-refractivity contribution >= 4 is 29.1 Å². The van der Waals surface area contributed by atoms with Gasteiger partial charge in [-0.25, -0.2) is 0 Å². The fraction of sp³-hybridized carbons (Fsp3) is 0.353. The van der Waals surface area contributed by atoms with Crippen LogP contribution in [0.15, 0.2) is 28.9 Å². The van der Waals surface area contributed by atoms with Gasteiger partial charge in [0.1, 0.15) is 11.5 Å². The van der Waals surface area contributed by atoms with Crippen LogP contribution >= 0.6 is 23.2 Å². The van der Waals surface area contributed by atoms with Gasteiger partial charge in [-0.3, -0.25) is 4.79 Å². The van der Waals surface area contributed by atoms with Crippen molar-refractivity contribution in [3.63, 3.8) is 0 Å². The quantitative estimate of drug-likeness (QED) is 0.882. The summed E-state index contributed by atoms with van der Waals surface area (Å²) in [7, 11) is 0. The van der Waals surface area contributed by atoms with E-state index in [1.54, 1.807) is 24.5 Å². The van der Waals surface area contributed by atoms with Gasteiger partial charge < -0.3 is 14.5 Å². The van der Waals surface area contributed by atoms with Gasteiger partial charge in [0.2, 0.25) is 0 Å². The Morgan fingerprint density at radius 3 is 3.04 bits per heavy atom. The topological polar surface area (TPSA) is 51.5 Å². The Balaban J connectivity index is 1.61. The van der Waals surface area contributed by atoms with Crippen LogP contribution in [0.1, 0.15) is 35.8 Å². The third kappa shape index (κ3) is 3.65. The zero-order valence-corrected chi connectivity index (χ0v) is 14.2. The molecule has 0 spiro atoms. The van der Waals surface area contributed by atoms with Crippen LogP contribution in [0.25, 0.3) is 0 Å². The van der Waals surface area contributed by atoms with Crippen molar-refractivity contribution in [1.82, 2.24) is 5.32 Å². The first-order valence-corrected chi connectivity index (χ1v) is 8.24. The van der Waals surface area contributed by atoms with Crippen molar-refractivity contribution in [3.8, 4) is 5.75 Å². The molecule has 1 unspecified atom stereocenters. The second-order valence-electron chi connectivity index (χ2n) is 5.63. The molecule has 1 aliphatic rings. The Labute approximate surface area is 144 Å². The first-order chi connectivity index (χ1) is 11.0. The highest BCUT2D eigenvalue weighted by atomic mass is 35.5. The lowest BCUT2D eigenvalue weighted by atomic mass is 9.91. The van der Waals surface area contributed by atoms with E-state index in [1.807, 2.05) is 6.92 Å². The van der Waals surface area contributed by atoms with Gasteiger partial charge in [-0.2, -0.15) is 0 Å². The normalized spacial score (nSPS) is 16.7. The number of nitrogens with one attached hydrogen (secondary N) is 1. The molecular formula is C17H17Cl2NO3. The highest BCUT2D eigenvalue weighted by molar-refractivity contribution is 6.35. The highest BCUT2D eigenvalue weighted by Gasteiger charge is 2.26. The van der Waals surface area contributed by atoms with Crippen LogP contribution in [0.3, 0.4) is 0 Å². The van der Waals surface area contributed by atoms with Gasteiger partial charge >= 0.3 is 0 Å². The molecule has 0 saturated carbocycles. The molecule has 1 aromatic carbocycles. The highest BCUT2D eigenvalue weighted by Crippen LogP contribution is 2.33. The smallest absolute Gasteiger partial charge is 0.258 e. The Morgan fingerprint density at radius 1 is 1.43 bits per heavy atom. The molecular weight excluding hydrogens is 337 g/mol. The summed E-state index contributed by atoms with van der Waals surface area (Å²) in [6.07, 6.45) is 4.57. The average molecular weight is 354 g/mol. The van der Waals surface area contributed by atoms with E-state index in [4.69, 9.17) is 32.4 Å². The van der Waals surface area contributed by atoms with Crippen LogP contribution in [-0.2, 0) is 11.2 Å². The lowest BCUT2D eigenvalue weighted by molar-refractivity contribution is -0.123. The number of carbonyl (C=O) groups is 1. The van der Waals surface area contributed by atoms with Gasteiger partial charge in [0.25, 0.3) is 5.91 Å². The minimum absolute atomic E-state index is 0.0192.